The van der Waals surface area contributed by atoms with Gasteiger partial charge in [-0.15, -0.1) is 0 Å². The van der Waals surface area contributed by atoms with Gasteiger partial charge in [0, 0.05) is 6.54 Å². The second-order valence-corrected chi connectivity index (χ2v) is 11.2. The SMILES string of the molecule is CN(CCCS(=O)(=O)CCOCCc1ccccc1)CCc1ccc(O)c2[nH]c(=O)sc12. The molecule has 0 aliphatic heterocycles. The fourth-order valence-corrected chi connectivity index (χ4v) is 5.51. The Hall–Kier alpha value is -2.20. The molecule has 0 aliphatic rings. The van der Waals surface area contributed by atoms with E-state index in [-0.39, 0.29) is 28.7 Å². The lowest BCUT2D eigenvalue weighted by molar-refractivity contribution is 0.152. The van der Waals surface area contributed by atoms with Gasteiger partial charge in [0.2, 0.25) is 0 Å². The van der Waals surface area contributed by atoms with E-state index in [9.17, 15) is 18.3 Å². The van der Waals surface area contributed by atoms with Crippen molar-refractivity contribution in [3.63, 3.8) is 0 Å². The van der Waals surface area contributed by atoms with E-state index in [1.807, 2.05) is 43.4 Å². The normalized spacial score (nSPS) is 12.1. The molecule has 0 saturated heterocycles. The fraction of sp³-hybridized carbons (Fsp3) is 0.435. The van der Waals surface area contributed by atoms with E-state index in [2.05, 4.69) is 9.88 Å². The number of nitrogens with zero attached hydrogens (tertiary/aromatic N) is 1. The summed E-state index contributed by atoms with van der Waals surface area (Å²) in [6.07, 6.45) is 2.05. The molecule has 9 heteroatoms. The number of benzene rings is 2. The van der Waals surface area contributed by atoms with Crippen LogP contribution in [0.4, 0.5) is 0 Å². The van der Waals surface area contributed by atoms with E-state index in [1.165, 1.54) is 5.56 Å². The van der Waals surface area contributed by atoms with Crippen LogP contribution in [-0.4, -0.2) is 68.3 Å². The first-order chi connectivity index (χ1) is 15.3. The minimum Gasteiger partial charge on any atom is -0.506 e. The molecule has 0 amide bonds. The predicted molar refractivity (Wildman–Crippen MR) is 130 cm³/mol. The molecule has 0 aliphatic carbocycles. The Bertz CT molecular complexity index is 1160. The Morgan fingerprint density at radius 2 is 1.81 bits per heavy atom. The molecule has 32 heavy (non-hydrogen) atoms. The smallest absolute Gasteiger partial charge is 0.305 e. The lowest BCUT2D eigenvalue weighted by atomic mass is 10.1. The van der Waals surface area contributed by atoms with Gasteiger partial charge in [-0.3, -0.25) is 4.79 Å². The van der Waals surface area contributed by atoms with Crippen molar-refractivity contribution in [1.82, 2.24) is 9.88 Å². The quantitative estimate of drug-likeness (QED) is 0.367. The van der Waals surface area contributed by atoms with E-state index in [4.69, 9.17) is 4.74 Å². The standard InChI is InChI=1S/C23H30N2O5S2/c1-25(13-10-19-8-9-20(26)21-22(19)31-23(27)24-21)12-5-16-32(28,29)17-15-30-14-11-18-6-3-2-4-7-18/h2-4,6-9,26H,5,10-17H2,1H3,(H,24,27). The van der Waals surface area contributed by atoms with Crippen molar-refractivity contribution >= 4 is 31.4 Å². The predicted octanol–water partition coefficient (Wildman–Crippen LogP) is 2.83. The zero-order valence-electron chi connectivity index (χ0n) is 18.2. The number of aromatic amines is 1. The van der Waals surface area contributed by atoms with E-state index in [0.29, 0.717) is 31.5 Å². The highest BCUT2D eigenvalue weighted by molar-refractivity contribution is 7.91. The Morgan fingerprint density at radius 3 is 2.59 bits per heavy atom. The second-order valence-electron chi connectivity index (χ2n) is 7.87. The van der Waals surface area contributed by atoms with Gasteiger partial charge in [-0.05, 0) is 50.0 Å². The molecule has 0 fully saturated rings. The molecule has 0 saturated carbocycles. The van der Waals surface area contributed by atoms with Crippen molar-refractivity contribution in [2.45, 2.75) is 19.3 Å². The van der Waals surface area contributed by atoms with Crippen LogP contribution in [0.5, 0.6) is 5.75 Å². The van der Waals surface area contributed by atoms with Crippen LogP contribution in [0.25, 0.3) is 10.2 Å². The third-order valence-corrected chi connectivity index (χ3v) is 7.97. The highest BCUT2D eigenvalue weighted by Crippen LogP contribution is 2.28. The topological polar surface area (TPSA) is 99.7 Å². The Balaban J connectivity index is 1.34. The number of nitrogens with one attached hydrogen (secondary N) is 1. The van der Waals surface area contributed by atoms with Crippen LogP contribution in [0.2, 0.25) is 0 Å². The van der Waals surface area contributed by atoms with Crippen LogP contribution in [0.1, 0.15) is 17.5 Å². The van der Waals surface area contributed by atoms with Crippen LogP contribution in [-0.2, 0) is 27.4 Å². The molecular formula is C23H30N2O5S2. The van der Waals surface area contributed by atoms with Crippen molar-refractivity contribution in [3.05, 3.63) is 63.3 Å². The first kappa shape index (κ1) is 24.4. The van der Waals surface area contributed by atoms with Gasteiger partial charge in [-0.2, -0.15) is 0 Å². The minimum atomic E-state index is -3.14. The van der Waals surface area contributed by atoms with E-state index < -0.39 is 9.84 Å². The number of phenols is 1. The molecule has 0 atom stereocenters. The molecule has 3 aromatic rings. The van der Waals surface area contributed by atoms with Gasteiger partial charge in [-0.1, -0.05) is 47.7 Å². The van der Waals surface area contributed by atoms with E-state index in [0.717, 1.165) is 34.6 Å². The summed E-state index contributed by atoms with van der Waals surface area (Å²) in [4.78, 5) is 16.2. The van der Waals surface area contributed by atoms with Crippen molar-refractivity contribution < 1.29 is 18.3 Å². The first-order valence-corrected chi connectivity index (χ1v) is 13.3. The van der Waals surface area contributed by atoms with Gasteiger partial charge >= 0.3 is 4.87 Å². The highest BCUT2D eigenvalue weighted by Gasteiger charge is 2.13. The van der Waals surface area contributed by atoms with Crippen molar-refractivity contribution in [2.24, 2.45) is 0 Å². The monoisotopic (exact) mass is 478 g/mol. The maximum Gasteiger partial charge on any atom is 0.305 e. The fourth-order valence-electron chi connectivity index (χ4n) is 3.47. The number of phenolic OH excluding ortho intramolecular Hbond substituents is 1. The van der Waals surface area contributed by atoms with Gasteiger partial charge in [0.25, 0.3) is 0 Å². The molecule has 3 rings (SSSR count). The van der Waals surface area contributed by atoms with Crippen molar-refractivity contribution in [1.29, 1.82) is 0 Å². The van der Waals surface area contributed by atoms with Gasteiger partial charge in [-0.25, -0.2) is 8.42 Å². The number of hydrogen-bond acceptors (Lipinski definition) is 7. The number of rotatable bonds is 13. The average Bonchev–Trinajstić information content (AvgIpc) is 3.16. The van der Waals surface area contributed by atoms with E-state index >= 15 is 0 Å². The number of ether oxygens (including phenoxy) is 1. The van der Waals surface area contributed by atoms with Gasteiger partial charge in [0.1, 0.15) is 11.3 Å². The largest absolute Gasteiger partial charge is 0.506 e. The summed E-state index contributed by atoms with van der Waals surface area (Å²) in [5, 5.41) is 9.88. The van der Waals surface area contributed by atoms with Crippen molar-refractivity contribution in [3.8, 4) is 5.75 Å². The number of hydrogen-bond donors (Lipinski definition) is 2. The minimum absolute atomic E-state index is 0.0450. The zero-order chi connectivity index (χ0) is 23.0. The van der Waals surface area contributed by atoms with Crippen LogP contribution in [0, 0.1) is 0 Å². The molecule has 1 heterocycles. The number of aromatic hydroxyl groups is 1. The molecule has 0 radical (unpaired) electrons. The van der Waals surface area contributed by atoms with Crippen LogP contribution < -0.4 is 4.87 Å². The maximum atomic E-state index is 12.3. The van der Waals surface area contributed by atoms with Gasteiger partial charge in [0.05, 0.1) is 29.4 Å². The maximum absolute atomic E-state index is 12.3. The first-order valence-electron chi connectivity index (χ1n) is 10.7. The van der Waals surface area contributed by atoms with E-state index in [1.54, 1.807) is 6.07 Å². The number of sulfone groups is 1. The van der Waals surface area contributed by atoms with Crippen LogP contribution in [0.3, 0.4) is 0 Å². The third-order valence-electron chi connectivity index (χ3n) is 5.31. The summed E-state index contributed by atoms with van der Waals surface area (Å²) in [6.45, 7) is 2.14. The number of aromatic nitrogens is 1. The number of likely N-dealkylation sites (N-methyl/N-ethyl adjacent to an activating group) is 1. The molecule has 0 unspecified atom stereocenters. The zero-order valence-corrected chi connectivity index (χ0v) is 19.9. The molecule has 2 N–H and O–H groups in total. The molecular weight excluding hydrogens is 448 g/mol. The van der Waals surface area contributed by atoms with Crippen LogP contribution in [0.15, 0.2) is 47.3 Å². The highest BCUT2D eigenvalue weighted by atomic mass is 32.2. The third kappa shape index (κ3) is 7.44. The molecule has 174 valence electrons. The Labute approximate surface area is 192 Å². The lowest BCUT2D eigenvalue weighted by Gasteiger charge is -2.17. The summed E-state index contributed by atoms with van der Waals surface area (Å²) in [7, 11) is -1.18. The summed E-state index contributed by atoms with van der Waals surface area (Å²) in [5.74, 6) is 0.260. The molecule has 0 spiro atoms. The Kier molecular flexibility index (Phi) is 8.86. The molecule has 2 aromatic carbocycles. The van der Waals surface area contributed by atoms with Crippen LogP contribution >= 0.6 is 11.3 Å². The van der Waals surface area contributed by atoms with Crippen molar-refractivity contribution in [2.75, 3.05) is 44.9 Å². The Morgan fingerprint density at radius 1 is 1.03 bits per heavy atom. The average molecular weight is 479 g/mol. The summed E-state index contributed by atoms with van der Waals surface area (Å²) in [6, 6.07) is 13.4. The summed E-state index contributed by atoms with van der Waals surface area (Å²) >= 11 is 1.09. The number of fused-ring (bicyclic) bond motifs is 1. The van der Waals surface area contributed by atoms with Gasteiger partial charge in [0.15, 0.2) is 9.84 Å². The van der Waals surface area contributed by atoms with Gasteiger partial charge < -0.3 is 19.7 Å². The lowest BCUT2D eigenvalue weighted by Crippen LogP contribution is -2.25. The molecule has 7 nitrogen and oxygen atoms in total. The number of H-pyrrole nitrogens is 1. The summed E-state index contributed by atoms with van der Waals surface area (Å²) < 4.78 is 30.8. The second kappa shape index (κ2) is 11.6. The number of thiazole rings is 1. The summed E-state index contributed by atoms with van der Waals surface area (Å²) in [5.41, 5.74) is 2.66. The molecule has 0 bridgehead atoms. The molecule has 1 aromatic heterocycles.